The van der Waals surface area contributed by atoms with Crippen LogP contribution >= 0.6 is 0 Å². The highest BCUT2D eigenvalue weighted by Gasteiger charge is 2.50. The van der Waals surface area contributed by atoms with Crippen molar-refractivity contribution in [1.29, 1.82) is 0 Å². The lowest BCUT2D eigenvalue weighted by molar-refractivity contribution is -0.160. The summed E-state index contributed by atoms with van der Waals surface area (Å²) >= 11 is 0. The zero-order chi connectivity index (χ0) is 57.0. The van der Waals surface area contributed by atoms with Gasteiger partial charge in [0, 0.05) is 45.4 Å². The first kappa shape index (κ1) is 70.6. The monoisotopic (exact) mass is 1110 g/mol. The number of esters is 4. The zero-order valence-corrected chi connectivity index (χ0v) is 52.2. The van der Waals surface area contributed by atoms with Gasteiger partial charge in [-0.15, -0.1) is 0 Å². The molecule has 3 atom stereocenters. The van der Waals surface area contributed by atoms with Crippen molar-refractivity contribution in [2.24, 2.45) is 0 Å². The van der Waals surface area contributed by atoms with Crippen LogP contribution in [-0.2, 0) is 42.6 Å². The highest BCUT2D eigenvalue weighted by atomic mass is 28.4. The molecule has 2 aromatic rings. The maximum atomic E-state index is 13.4. The van der Waals surface area contributed by atoms with Gasteiger partial charge in [-0.05, 0) is 99.5 Å². The Hall–Kier alpha value is -3.54. The van der Waals surface area contributed by atoms with E-state index in [9.17, 15) is 19.2 Å². The van der Waals surface area contributed by atoms with E-state index in [1.807, 2.05) is 19.2 Å². The molecule has 446 valence electrons. The molecule has 0 spiro atoms. The average Bonchev–Trinajstić information content (AvgIpc) is 3.56. The molecule has 2 rings (SSSR count). The molecule has 0 aliphatic heterocycles. The van der Waals surface area contributed by atoms with Gasteiger partial charge in [0.05, 0.1) is 0 Å². The van der Waals surface area contributed by atoms with E-state index in [0.29, 0.717) is 45.4 Å². The van der Waals surface area contributed by atoms with Gasteiger partial charge in [0.15, 0.2) is 0 Å². The summed E-state index contributed by atoms with van der Waals surface area (Å²) in [6.45, 7) is 17.1. The summed E-state index contributed by atoms with van der Waals surface area (Å²) < 4.78 is 31.1. The standard InChI is InChI=1S/C67H115NO9Si/c1-9-13-17-21-23-33-45-59(43-31-20-16-12-4)76-65(71)52-40-26-27-41-53-66(72)77-60(56-68(8)54-55-74-78(67(5,6)7,61-46-34-28-35-47-61)62-48-36-29-37-49-62)57-73-63(69)50-38-24-25-39-51-64(70)75-58(42-30-19-15-11-3)44-32-22-18-14-10-2/h28-29,34-37,46-49,58-60H,9-27,30-33,38-45,50-57H2,1-8H3/t58?,59?,60-/m1/s1. The molecule has 0 fully saturated rings. The second-order valence-corrected chi connectivity index (χ2v) is 27.9. The number of carbonyl (C=O) groups is 4. The van der Waals surface area contributed by atoms with Crippen LogP contribution in [0.4, 0.5) is 0 Å². The van der Waals surface area contributed by atoms with E-state index in [0.717, 1.165) is 89.9 Å². The quantitative estimate of drug-likeness (QED) is 0.0274. The number of hydrogen-bond donors (Lipinski definition) is 0. The molecule has 11 heteroatoms. The van der Waals surface area contributed by atoms with Crippen molar-refractivity contribution >= 4 is 42.6 Å². The second-order valence-electron chi connectivity index (χ2n) is 23.6. The van der Waals surface area contributed by atoms with Crippen molar-refractivity contribution in [3.63, 3.8) is 0 Å². The van der Waals surface area contributed by atoms with Gasteiger partial charge < -0.3 is 28.3 Å². The van der Waals surface area contributed by atoms with E-state index in [4.69, 9.17) is 23.4 Å². The van der Waals surface area contributed by atoms with E-state index in [1.54, 1.807) is 0 Å². The Morgan fingerprint density at radius 1 is 0.436 bits per heavy atom. The fourth-order valence-corrected chi connectivity index (χ4v) is 15.3. The van der Waals surface area contributed by atoms with Gasteiger partial charge in [-0.25, -0.2) is 0 Å². The van der Waals surface area contributed by atoms with Crippen molar-refractivity contribution in [2.45, 2.75) is 297 Å². The fraction of sp³-hybridized carbons (Fsp3) is 0.761. The lowest BCUT2D eigenvalue weighted by Crippen LogP contribution is -2.67. The minimum atomic E-state index is -2.75. The van der Waals surface area contributed by atoms with Crippen molar-refractivity contribution in [3.05, 3.63) is 60.7 Å². The summed E-state index contributed by atoms with van der Waals surface area (Å²) in [6.07, 6.45) is 33.4. The van der Waals surface area contributed by atoms with Crippen LogP contribution in [0.25, 0.3) is 0 Å². The van der Waals surface area contributed by atoms with E-state index in [-0.39, 0.29) is 60.6 Å². The van der Waals surface area contributed by atoms with E-state index >= 15 is 0 Å². The Labute approximate surface area is 478 Å². The van der Waals surface area contributed by atoms with Crippen LogP contribution in [0.2, 0.25) is 5.04 Å². The highest BCUT2D eigenvalue weighted by Crippen LogP contribution is 2.36. The molecule has 78 heavy (non-hydrogen) atoms. The van der Waals surface area contributed by atoms with E-state index in [2.05, 4.69) is 102 Å². The van der Waals surface area contributed by atoms with Crippen LogP contribution in [0.15, 0.2) is 60.7 Å². The number of hydrogen-bond acceptors (Lipinski definition) is 10. The minimum Gasteiger partial charge on any atom is -0.462 e. The lowest BCUT2D eigenvalue weighted by Gasteiger charge is -2.43. The summed E-state index contributed by atoms with van der Waals surface area (Å²) in [7, 11) is -0.759. The zero-order valence-electron chi connectivity index (χ0n) is 51.2. The number of nitrogens with zero attached hydrogens (tertiary/aromatic N) is 1. The molecular formula is C67H115NO9Si. The molecule has 0 bridgehead atoms. The van der Waals surface area contributed by atoms with Gasteiger partial charge in [0.25, 0.3) is 8.32 Å². The predicted octanol–water partition coefficient (Wildman–Crippen LogP) is 16.5. The molecule has 0 saturated heterocycles. The highest BCUT2D eigenvalue weighted by molar-refractivity contribution is 6.99. The third-order valence-corrected chi connectivity index (χ3v) is 20.4. The Morgan fingerprint density at radius 3 is 1.13 bits per heavy atom. The SMILES string of the molecule is CCCCCCCCC(CCCCCC)OC(=O)CCCCCCC(=O)O[C@@H](COC(=O)CCCCCCC(=O)OC(CCCCCC)CCCCCCC)CN(C)CCO[Si](c1ccccc1)(c1ccccc1)C(C)(C)C. The second kappa shape index (κ2) is 45.1. The van der Waals surface area contributed by atoms with Crippen LogP contribution in [0, 0.1) is 0 Å². The van der Waals surface area contributed by atoms with Gasteiger partial charge >= 0.3 is 23.9 Å². The third kappa shape index (κ3) is 32.6. The third-order valence-electron chi connectivity index (χ3n) is 15.3. The summed E-state index contributed by atoms with van der Waals surface area (Å²) in [4.78, 5) is 54.5. The van der Waals surface area contributed by atoms with Crippen LogP contribution in [-0.4, -0.2) is 88.8 Å². The fourth-order valence-electron chi connectivity index (χ4n) is 10.7. The van der Waals surface area contributed by atoms with Gasteiger partial charge in [-0.3, -0.25) is 19.2 Å². The van der Waals surface area contributed by atoms with Gasteiger partial charge in [0.2, 0.25) is 0 Å². The first-order chi connectivity index (χ1) is 37.8. The number of unbranched alkanes of at least 4 members (excludes halogenated alkanes) is 21. The lowest BCUT2D eigenvalue weighted by atomic mass is 10.0. The van der Waals surface area contributed by atoms with Crippen LogP contribution < -0.4 is 10.4 Å². The Balaban J connectivity index is 1.96. The van der Waals surface area contributed by atoms with Crippen molar-refractivity contribution in [3.8, 4) is 0 Å². The average molecular weight is 1110 g/mol. The van der Waals surface area contributed by atoms with Crippen LogP contribution in [0.3, 0.4) is 0 Å². The molecule has 0 aliphatic rings. The van der Waals surface area contributed by atoms with Gasteiger partial charge in [0.1, 0.15) is 24.9 Å². The van der Waals surface area contributed by atoms with Crippen molar-refractivity contribution in [1.82, 2.24) is 4.90 Å². The predicted molar refractivity (Wildman–Crippen MR) is 326 cm³/mol. The Bertz CT molecular complexity index is 1750. The number of likely N-dealkylation sites (N-methyl/N-ethyl adjacent to an activating group) is 1. The van der Waals surface area contributed by atoms with Gasteiger partial charge in [-0.1, -0.05) is 231 Å². The topological polar surface area (TPSA) is 118 Å². The smallest absolute Gasteiger partial charge is 0.306 e. The van der Waals surface area contributed by atoms with Crippen molar-refractivity contribution < 1.29 is 42.6 Å². The molecule has 2 aromatic carbocycles. The summed E-state index contributed by atoms with van der Waals surface area (Å²) in [5, 5.41) is 2.27. The Morgan fingerprint density at radius 2 is 0.756 bits per heavy atom. The molecule has 2 unspecified atom stereocenters. The molecule has 0 N–H and O–H groups in total. The van der Waals surface area contributed by atoms with Crippen LogP contribution in [0.1, 0.15) is 273 Å². The maximum absolute atomic E-state index is 13.4. The summed E-state index contributed by atoms with van der Waals surface area (Å²) in [5.74, 6) is -0.837. The molecule has 0 saturated carbocycles. The normalized spacial score (nSPS) is 13.0. The molecule has 0 amide bonds. The summed E-state index contributed by atoms with van der Waals surface area (Å²) in [5.41, 5.74) is 0. The summed E-state index contributed by atoms with van der Waals surface area (Å²) in [6, 6.07) is 21.2. The number of rotatable bonds is 50. The number of carbonyl (C=O) groups excluding carboxylic acids is 4. The first-order valence-electron chi connectivity index (χ1n) is 32.0. The number of benzene rings is 2. The Kier molecular flexibility index (Phi) is 40.8. The maximum Gasteiger partial charge on any atom is 0.306 e. The number of ether oxygens (including phenoxy) is 4. The molecule has 0 aromatic heterocycles. The molecular weight excluding hydrogens is 991 g/mol. The molecule has 10 nitrogen and oxygen atoms in total. The molecule has 0 radical (unpaired) electrons. The molecule has 0 heterocycles. The minimum absolute atomic E-state index is 0.0165. The first-order valence-corrected chi connectivity index (χ1v) is 33.9. The van der Waals surface area contributed by atoms with Gasteiger partial charge in [-0.2, -0.15) is 0 Å². The van der Waals surface area contributed by atoms with E-state index < -0.39 is 14.4 Å². The van der Waals surface area contributed by atoms with Crippen molar-refractivity contribution in [2.75, 3.05) is 33.4 Å². The molecule has 0 aliphatic carbocycles. The largest absolute Gasteiger partial charge is 0.462 e. The van der Waals surface area contributed by atoms with E-state index in [1.165, 1.54) is 107 Å². The van der Waals surface area contributed by atoms with Crippen LogP contribution in [0.5, 0.6) is 0 Å².